The summed E-state index contributed by atoms with van der Waals surface area (Å²) in [5.41, 5.74) is 0. The predicted molar refractivity (Wildman–Crippen MR) is 89.2 cm³/mol. The number of rotatable bonds is 6. The van der Waals surface area contributed by atoms with Crippen molar-refractivity contribution in [2.45, 2.75) is 51.0 Å². The van der Waals surface area contributed by atoms with E-state index >= 15 is 0 Å². The van der Waals surface area contributed by atoms with Crippen LogP contribution in [-0.2, 0) is 9.53 Å². The Morgan fingerprint density at radius 2 is 1.91 bits per heavy atom. The molecule has 132 valence electrons. The molecular weight excluding hydrogens is 294 g/mol. The Kier molecular flexibility index (Phi) is 7.15. The fourth-order valence-corrected chi connectivity index (χ4v) is 3.34. The maximum Gasteiger partial charge on any atom is 0.319 e. The molecule has 1 atom stereocenters. The largest absolute Gasteiger partial charge is 0.378 e. The minimum atomic E-state index is 0.0398. The first-order valence-electron chi connectivity index (χ1n) is 8.93. The van der Waals surface area contributed by atoms with Crippen LogP contribution >= 0.6 is 0 Å². The first-order chi connectivity index (χ1) is 11.1. The van der Waals surface area contributed by atoms with Crippen LogP contribution < -0.4 is 5.32 Å². The molecular formula is C17H31N3O3. The fraction of sp³-hybridized carbons (Fsp3) is 0.882. The Labute approximate surface area is 139 Å². The van der Waals surface area contributed by atoms with E-state index in [1.165, 1.54) is 12.8 Å². The lowest BCUT2D eigenvalue weighted by atomic mass is 9.96. The van der Waals surface area contributed by atoms with Gasteiger partial charge in [-0.1, -0.05) is 0 Å². The van der Waals surface area contributed by atoms with E-state index in [9.17, 15) is 9.59 Å². The maximum absolute atomic E-state index is 12.2. The minimum absolute atomic E-state index is 0.0398. The lowest BCUT2D eigenvalue weighted by molar-refractivity contribution is -0.126. The number of carbonyl (C=O) groups excluding carboxylic acids is 2. The van der Waals surface area contributed by atoms with E-state index in [2.05, 4.69) is 5.32 Å². The molecule has 0 unspecified atom stereocenters. The summed E-state index contributed by atoms with van der Waals surface area (Å²) in [6, 6.07) is 0.0398. The molecule has 2 rings (SSSR count). The van der Waals surface area contributed by atoms with Gasteiger partial charge in [-0.25, -0.2) is 4.79 Å². The Bertz CT molecular complexity index is 387. The highest BCUT2D eigenvalue weighted by atomic mass is 16.5. The Morgan fingerprint density at radius 1 is 1.17 bits per heavy atom. The quantitative estimate of drug-likeness (QED) is 0.758. The third kappa shape index (κ3) is 5.68. The molecule has 6 heteroatoms. The van der Waals surface area contributed by atoms with Gasteiger partial charge in [-0.15, -0.1) is 0 Å². The van der Waals surface area contributed by atoms with Crippen LogP contribution in [-0.4, -0.2) is 68.2 Å². The van der Waals surface area contributed by atoms with Gasteiger partial charge in [0.15, 0.2) is 0 Å². The molecule has 0 saturated carbocycles. The third-order valence-corrected chi connectivity index (χ3v) is 4.79. The maximum atomic E-state index is 12.2. The number of amides is 3. The number of nitrogens with zero attached hydrogens (tertiary/aromatic N) is 2. The summed E-state index contributed by atoms with van der Waals surface area (Å²) in [4.78, 5) is 27.5. The molecule has 0 radical (unpaired) electrons. The SMILES string of the molecule is CN(C)C(=O)N1CCC(C(=O)NCCCC[C@@H]2CCCO2)CC1. The molecule has 0 aromatic heterocycles. The molecule has 6 nitrogen and oxygen atoms in total. The molecule has 3 amide bonds. The number of nitrogens with one attached hydrogen (secondary N) is 1. The van der Waals surface area contributed by atoms with Gasteiger partial charge in [0.1, 0.15) is 0 Å². The highest BCUT2D eigenvalue weighted by molar-refractivity contribution is 5.79. The van der Waals surface area contributed by atoms with Crippen molar-refractivity contribution in [3.63, 3.8) is 0 Å². The van der Waals surface area contributed by atoms with Crippen molar-refractivity contribution in [3.05, 3.63) is 0 Å². The molecule has 0 aliphatic carbocycles. The second-order valence-corrected chi connectivity index (χ2v) is 6.86. The number of urea groups is 1. The summed E-state index contributed by atoms with van der Waals surface area (Å²) in [5.74, 6) is 0.207. The van der Waals surface area contributed by atoms with Crippen LogP contribution in [0, 0.1) is 5.92 Å². The zero-order valence-corrected chi connectivity index (χ0v) is 14.6. The standard InChI is InChI=1S/C17H31N3O3/c1-19(2)17(22)20-11-8-14(9-12-20)16(21)18-10-4-3-6-15-7-5-13-23-15/h14-15H,3-13H2,1-2H3,(H,18,21)/t15-/m1/s1. The van der Waals surface area contributed by atoms with Crippen LogP contribution in [0.2, 0.25) is 0 Å². The number of unbranched alkanes of at least 4 members (excludes halogenated alkanes) is 1. The molecule has 2 fully saturated rings. The van der Waals surface area contributed by atoms with Crippen molar-refractivity contribution >= 4 is 11.9 Å². The molecule has 2 heterocycles. The van der Waals surface area contributed by atoms with Crippen molar-refractivity contribution < 1.29 is 14.3 Å². The van der Waals surface area contributed by atoms with E-state index in [0.29, 0.717) is 19.2 Å². The predicted octanol–water partition coefficient (Wildman–Crippen LogP) is 1.85. The lowest BCUT2D eigenvalue weighted by Crippen LogP contribution is -2.46. The highest BCUT2D eigenvalue weighted by Crippen LogP contribution is 2.19. The van der Waals surface area contributed by atoms with Gasteiger partial charge in [-0.05, 0) is 44.9 Å². The van der Waals surface area contributed by atoms with Crippen LogP contribution in [0.3, 0.4) is 0 Å². The molecule has 0 spiro atoms. The smallest absolute Gasteiger partial charge is 0.319 e. The summed E-state index contributed by atoms with van der Waals surface area (Å²) in [5, 5.41) is 3.05. The van der Waals surface area contributed by atoms with E-state index in [1.807, 2.05) is 4.90 Å². The van der Waals surface area contributed by atoms with Crippen molar-refractivity contribution in [2.24, 2.45) is 5.92 Å². The monoisotopic (exact) mass is 325 g/mol. The van der Waals surface area contributed by atoms with Gasteiger partial charge < -0.3 is 19.9 Å². The molecule has 23 heavy (non-hydrogen) atoms. The summed E-state index contributed by atoms with van der Waals surface area (Å²) >= 11 is 0. The summed E-state index contributed by atoms with van der Waals surface area (Å²) < 4.78 is 5.60. The minimum Gasteiger partial charge on any atom is -0.378 e. The van der Waals surface area contributed by atoms with Crippen LogP contribution in [0.4, 0.5) is 4.79 Å². The second-order valence-electron chi connectivity index (χ2n) is 6.86. The van der Waals surface area contributed by atoms with Crippen LogP contribution in [0.15, 0.2) is 0 Å². The first kappa shape index (κ1) is 18.0. The number of ether oxygens (including phenoxy) is 1. The number of hydrogen-bond donors (Lipinski definition) is 1. The zero-order valence-electron chi connectivity index (χ0n) is 14.6. The van der Waals surface area contributed by atoms with Gasteiger partial charge in [0.25, 0.3) is 0 Å². The van der Waals surface area contributed by atoms with E-state index in [1.54, 1.807) is 19.0 Å². The van der Waals surface area contributed by atoms with E-state index in [4.69, 9.17) is 4.74 Å². The molecule has 0 bridgehead atoms. The van der Waals surface area contributed by atoms with E-state index in [-0.39, 0.29) is 17.9 Å². The zero-order chi connectivity index (χ0) is 16.7. The highest BCUT2D eigenvalue weighted by Gasteiger charge is 2.27. The van der Waals surface area contributed by atoms with Gasteiger partial charge in [0.05, 0.1) is 6.10 Å². The summed E-state index contributed by atoms with van der Waals surface area (Å²) in [6.07, 6.45) is 7.60. The lowest BCUT2D eigenvalue weighted by Gasteiger charge is -2.33. The van der Waals surface area contributed by atoms with Crippen LogP contribution in [0.25, 0.3) is 0 Å². The van der Waals surface area contributed by atoms with Gasteiger partial charge in [0.2, 0.25) is 5.91 Å². The van der Waals surface area contributed by atoms with Gasteiger partial charge in [-0.3, -0.25) is 4.79 Å². The van der Waals surface area contributed by atoms with Gasteiger partial charge >= 0.3 is 6.03 Å². The third-order valence-electron chi connectivity index (χ3n) is 4.79. The van der Waals surface area contributed by atoms with Crippen molar-refractivity contribution in [1.82, 2.24) is 15.1 Å². The van der Waals surface area contributed by atoms with E-state index in [0.717, 1.165) is 45.3 Å². The Morgan fingerprint density at radius 3 is 2.52 bits per heavy atom. The number of carbonyl (C=O) groups is 2. The molecule has 0 aromatic rings. The van der Waals surface area contributed by atoms with Crippen LogP contribution in [0.1, 0.15) is 44.9 Å². The molecule has 1 N–H and O–H groups in total. The number of hydrogen-bond acceptors (Lipinski definition) is 3. The molecule has 2 aliphatic rings. The van der Waals surface area contributed by atoms with E-state index < -0.39 is 0 Å². The van der Waals surface area contributed by atoms with Gasteiger partial charge in [-0.2, -0.15) is 0 Å². The van der Waals surface area contributed by atoms with Gasteiger partial charge in [0, 0.05) is 46.3 Å². The number of piperidine rings is 1. The second kappa shape index (κ2) is 9.11. The summed E-state index contributed by atoms with van der Waals surface area (Å²) in [7, 11) is 3.52. The van der Waals surface area contributed by atoms with Crippen LogP contribution in [0.5, 0.6) is 0 Å². The average Bonchev–Trinajstić information content (AvgIpc) is 3.07. The van der Waals surface area contributed by atoms with Crippen molar-refractivity contribution in [3.8, 4) is 0 Å². The fourth-order valence-electron chi connectivity index (χ4n) is 3.34. The molecule has 0 aromatic carbocycles. The van der Waals surface area contributed by atoms with Crippen molar-refractivity contribution in [2.75, 3.05) is 40.3 Å². The Hall–Kier alpha value is -1.30. The Balaban J connectivity index is 1.55. The molecule has 2 aliphatic heterocycles. The summed E-state index contributed by atoms with van der Waals surface area (Å²) in [6.45, 7) is 3.01. The topological polar surface area (TPSA) is 61.9 Å². The average molecular weight is 325 g/mol. The normalized spacial score (nSPS) is 22.2. The first-order valence-corrected chi connectivity index (χ1v) is 8.93. The van der Waals surface area contributed by atoms with Crippen molar-refractivity contribution in [1.29, 1.82) is 0 Å². The molecule has 2 saturated heterocycles. The number of likely N-dealkylation sites (tertiary alicyclic amines) is 1.